The molecule has 3 rings (SSSR count). The largest absolute Gasteiger partial charge is 0.464 e. The fourth-order valence-corrected chi connectivity index (χ4v) is 3.67. The molecular formula is C15H22N5O9P. The molecule has 3 heterocycles. The maximum absolute atomic E-state index is 11.8. The molecule has 0 aromatic carbocycles. The predicted octanol–water partition coefficient (Wildman–Crippen LogP) is -1.58. The average Bonchev–Trinajstić information content (AvgIpc) is 3.17. The zero-order chi connectivity index (χ0) is 22.2. The highest BCUT2D eigenvalue weighted by atomic mass is 31.2. The lowest BCUT2D eigenvalue weighted by atomic mass is 10.1. The number of nitrogens with zero attached hydrogens (tertiary/aromatic N) is 4. The van der Waals surface area contributed by atoms with E-state index in [2.05, 4.69) is 19.7 Å². The molecule has 0 spiro atoms. The third-order valence-electron chi connectivity index (χ3n) is 4.38. The summed E-state index contributed by atoms with van der Waals surface area (Å²) < 4.78 is 28.1. The molecule has 14 nitrogen and oxygen atoms in total. The smallest absolute Gasteiger partial charge is 0.365 e. The van der Waals surface area contributed by atoms with Crippen LogP contribution in [0.15, 0.2) is 6.33 Å². The topological polar surface area (TPSA) is 212 Å². The van der Waals surface area contributed by atoms with Gasteiger partial charge in [-0.1, -0.05) is 0 Å². The zero-order valence-corrected chi connectivity index (χ0v) is 16.9. The monoisotopic (exact) mass is 447 g/mol. The van der Waals surface area contributed by atoms with E-state index in [0.717, 1.165) is 0 Å². The number of aliphatic hydroxyl groups excluding tert-OH is 2. The molecule has 30 heavy (non-hydrogen) atoms. The molecule has 0 saturated carbocycles. The number of esters is 1. The van der Waals surface area contributed by atoms with Gasteiger partial charge in [-0.05, 0) is 13.8 Å². The fourth-order valence-electron chi connectivity index (χ4n) is 3.04. The van der Waals surface area contributed by atoms with Gasteiger partial charge >= 0.3 is 13.6 Å². The second-order valence-electron chi connectivity index (χ2n) is 6.55. The van der Waals surface area contributed by atoms with E-state index in [9.17, 15) is 29.4 Å². The van der Waals surface area contributed by atoms with Crippen molar-refractivity contribution in [2.45, 2.75) is 44.2 Å². The number of carbonyl (C=O) groups is 1. The summed E-state index contributed by atoms with van der Waals surface area (Å²) >= 11 is 0. The van der Waals surface area contributed by atoms with Crippen molar-refractivity contribution in [2.75, 3.05) is 18.9 Å². The third-order valence-corrected chi connectivity index (χ3v) is 5.35. The quantitative estimate of drug-likeness (QED) is 0.240. The molecule has 1 aliphatic rings. The zero-order valence-electron chi connectivity index (χ0n) is 16.0. The van der Waals surface area contributed by atoms with Crippen LogP contribution >= 0.6 is 7.60 Å². The summed E-state index contributed by atoms with van der Waals surface area (Å²) in [4.78, 5) is 42.7. The van der Waals surface area contributed by atoms with Crippen molar-refractivity contribution in [3.8, 4) is 0 Å². The van der Waals surface area contributed by atoms with Crippen LogP contribution in [0.5, 0.6) is 0 Å². The van der Waals surface area contributed by atoms with E-state index < -0.39 is 50.6 Å². The maximum Gasteiger partial charge on any atom is 0.365 e. The lowest BCUT2D eigenvalue weighted by Gasteiger charge is -2.20. The van der Waals surface area contributed by atoms with Crippen LogP contribution in [0.25, 0.3) is 11.2 Å². The molecule has 1 aliphatic heterocycles. The SMILES string of the molecule is CCOC(=O)[C@H](OC[C@@H]1O[C@H](n2cnc3c(N)nc(C)nc32)[C@@H](O)[C@@H]1O)P(=O)(O)O. The third kappa shape index (κ3) is 4.30. The summed E-state index contributed by atoms with van der Waals surface area (Å²) in [5.41, 5.74) is 6.35. The van der Waals surface area contributed by atoms with Crippen LogP contribution in [-0.4, -0.2) is 82.9 Å². The average molecular weight is 447 g/mol. The molecular weight excluding hydrogens is 425 g/mol. The molecule has 0 amide bonds. The van der Waals surface area contributed by atoms with Crippen LogP contribution in [0.3, 0.4) is 0 Å². The Kier molecular flexibility index (Phi) is 6.38. The molecule has 1 fully saturated rings. The number of aliphatic hydroxyl groups is 2. The first-order valence-corrected chi connectivity index (χ1v) is 10.5. The van der Waals surface area contributed by atoms with Crippen LogP contribution < -0.4 is 5.73 Å². The Balaban J connectivity index is 1.79. The summed E-state index contributed by atoms with van der Waals surface area (Å²) in [6, 6.07) is 0. The van der Waals surface area contributed by atoms with E-state index in [1.54, 1.807) is 6.92 Å². The van der Waals surface area contributed by atoms with Crippen molar-refractivity contribution in [2.24, 2.45) is 0 Å². The molecule has 6 N–H and O–H groups in total. The number of aryl methyl sites for hydroxylation is 1. The van der Waals surface area contributed by atoms with Crippen molar-refractivity contribution in [1.29, 1.82) is 0 Å². The van der Waals surface area contributed by atoms with Crippen molar-refractivity contribution in [3.05, 3.63) is 12.2 Å². The number of hydrogen-bond donors (Lipinski definition) is 5. The van der Waals surface area contributed by atoms with Gasteiger partial charge in [-0.15, -0.1) is 0 Å². The summed E-state index contributed by atoms with van der Waals surface area (Å²) in [6.07, 6.45) is -4.01. The molecule has 5 atom stereocenters. The molecule has 0 aliphatic carbocycles. The van der Waals surface area contributed by atoms with E-state index in [1.165, 1.54) is 17.8 Å². The molecule has 2 aromatic heterocycles. The fraction of sp³-hybridized carbons (Fsp3) is 0.600. The van der Waals surface area contributed by atoms with Gasteiger partial charge in [0, 0.05) is 0 Å². The first-order valence-electron chi connectivity index (χ1n) is 8.86. The van der Waals surface area contributed by atoms with Crippen molar-refractivity contribution in [1.82, 2.24) is 19.5 Å². The Bertz CT molecular complexity index is 979. The minimum absolute atomic E-state index is 0.111. The van der Waals surface area contributed by atoms with Crippen molar-refractivity contribution < 1.29 is 43.6 Å². The van der Waals surface area contributed by atoms with Crippen LogP contribution in [0.4, 0.5) is 5.82 Å². The summed E-state index contributed by atoms with van der Waals surface area (Å²) in [6.45, 7) is 2.36. The minimum Gasteiger partial charge on any atom is -0.464 e. The molecule has 166 valence electrons. The summed E-state index contributed by atoms with van der Waals surface area (Å²) in [5.74, 6) is -2.95. The second-order valence-corrected chi connectivity index (χ2v) is 8.20. The summed E-state index contributed by atoms with van der Waals surface area (Å²) in [5, 5.41) is 20.7. The Morgan fingerprint density at radius 3 is 2.70 bits per heavy atom. The van der Waals surface area contributed by atoms with Gasteiger partial charge in [-0.25, -0.2) is 19.7 Å². The predicted molar refractivity (Wildman–Crippen MR) is 98.8 cm³/mol. The first-order chi connectivity index (χ1) is 14.0. The molecule has 15 heteroatoms. The van der Waals surface area contributed by atoms with E-state index in [-0.39, 0.29) is 23.6 Å². The molecule has 0 radical (unpaired) electrons. The Hall–Kier alpha value is -2.19. The van der Waals surface area contributed by atoms with Crippen LogP contribution in [-0.2, 0) is 23.6 Å². The van der Waals surface area contributed by atoms with Crippen molar-refractivity contribution in [3.63, 3.8) is 0 Å². The van der Waals surface area contributed by atoms with E-state index in [1.807, 2.05) is 0 Å². The van der Waals surface area contributed by atoms with Gasteiger partial charge in [0.2, 0.25) is 0 Å². The van der Waals surface area contributed by atoms with Gasteiger partial charge in [0.15, 0.2) is 17.7 Å². The highest BCUT2D eigenvalue weighted by Gasteiger charge is 2.46. The molecule has 1 saturated heterocycles. The number of fused-ring (bicyclic) bond motifs is 1. The maximum atomic E-state index is 11.8. The minimum atomic E-state index is -5.00. The van der Waals surface area contributed by atoms with Crippen LogP contribution in [0.2, 0.25) is 0 Å². The van der Waals surface area contributed by atoms with Gasteiger partial charge < -0.3 is 39.9 Å². The molecule has 2 aromatic rings. The Morgan fingerprint density at radius 2 is 2.07 bits per heavy atom. The summed E-state index contributed by atoms with van der Waals surface area (Å²) in [7, 11) is -5.00. The number of rotatable bonds is 7. The first kappa shape index (κ1) is 22.5. The van der Waals surface area contributed by atoms with Crippen molar-refractivity contribution >= 4 is 30.5 Å². The number of hydrogen-bond acceptors (Lipinski definition) is 11. The van der Waals surface area contributed by atoms with Gasteiger partial charge in [0.1, 0.15) is 29.7 Å². The number of anilines is 1. The number of carbonyl (C=O) groups excluding carboxylic acids is 1. The van der Waals surface area contributed by atoms with E-state index in [0.29, 0.717) is 5.82 Å². The van der Waals surface area contributed by atoms with E-state index in [4.69, 9.17) is 15.2 Å². The standard InChI is InChI=1S/C15H22N5O9P/c1-3-27-14(23)15(30(24,25)26)28-4-7-9(21)10(22)13(29-7)20-5-17-8-11(16)18-6(2)19-12(8)20/h5,7,9-10,13,15,21-22H,3-4H2,1-2H3,(H2,16,18,19)(H2,24,25,26)/t7-,9+,10-,13-,15+/m0/s1. The number of ether oxygens (including phenoxy) is 3. The Labute approximate surface area is 169 Å². The number of nitrogens with two attached hydrogens (primary N) is 1. The number of nitrogen functional groups attached to an aromatic ring is 1. The molecule has 0 bridgehead atoms. The molecule has 0 unspecified atom stereocenters. The lowest BCUT2D eigenvalue weighted by Crippen LogP contribution is -2.36. The van der Waals surface area contributed by atoms with Gasteiger partial charge in [0.05, 0.1) is 19.5 Å². The van der Waals surface area contributed by atoms with Gasteiger partial charge in [-0.2, -0.15) is 0 Å². The highest BCUT2D eigenvalue weighted by molar-refractivity contribution is 7.53. The lowest BCUT2D eigenvalue weighted by molar-refractivity contribution is -0.155. The van der Waals surface area contributed by atoms with Crippen LogP contribution in [0.1, 0.15) is 19.0 Å². The Morgan fingerprint density at radius 1 is 1.37 bits per heavy atom. The van der Waals surface area contributed by atoms with Gasteiger partial charge in [-0.3, -0.25) is 9.13 Å². The van der Waals surface area contributed by atoms with Gasteiger partial charge in [0.25, 0.3) is 5.85 Å². The number of imidazole rings is 1. The van der Waals surface area contributed by atoms with Crippen LogP contribution in [0, 0.1) is 6.92 Å². The normalized spacial score (nSPS) is 25.5. The second kappa shape index (κ2) is 8.51. The number of aromatic nitrogens is 4. The highest BCUT2D eigenvalue weighted by Crippen LogP contribution is 2.43. The van der Waals surface area contributed by atoms with E-state index >= 15 is 0 Å².